The van der Waals surface area contributed by atoms with Gasteiger partial charge in [-0.15, -0.1) is 0 Å². The average molecular weight is 586 g/mol. The van der Waals surface area contributed by atoms with Crippen molar-refractivity contribution >= 4 is 17.7 Å². The number of amides is 1. The van der Waals surface area contributed by atoms with Crippen molar-refractivity contribution in [2.75, 3.05) is 7.05 Å². The van der Waals surface area contributed by atoms with Gasteiger partial charge in [0.1, 0.15) is 11.5 Å². The van der Waals surface area contributed by atoms with E-state index in [1.807, 2.05) is 18.0 Å². The Morgan fingerprint density at radius 2 is 1.70 bits per heavy atom. The van der Waals surface area contributed by atoms with Gasteiger partial charge in [0.2, 0.25) is 5.91 Å². The molecular weight excluding hydrogens is 534 g/mol. The van der Waals surface area contributed by atoms with Crippen LogP contribution in [-0.2, 0) is 27.2 Å². The van der Waals surface area contributed by atoms with Crippen LogP contribution in [0.4, 0.5) is 0 Å². The second-order valence-electron chi connectivity index (χ2n) is 14.1. The highest BCUT2D eigenvalue weighted by molar-refractivity contribution is 5.87. The van der Waals surface area contributed by atoms with Crippen LogP contribution in [0, 0.1) is 17.3 Å². The number of benzene rings is 2. The molecule has 2 aromatic rings. The minimum atomic E-state index is -0.286. The fourth-order valence-electron chi connectivity index (χ4n) is 8.54. The third-order valence-electron chi connectivity index (χ3n) is 11.1. The maximum absolute atomic E-state index is 13.3. The molecule has 5 heteroatoms. The van der Waals surface area contributed by atoms with Gasteiger partial charge < -0.3 is 9.64 Å². The van der Waals surface area contributed by atoms with Crippen LogP contribution in [-0.4, -0.2) is 35.6 Å². The van der Waals surface area contributed by atoms with Gasteiger partial charge in [-0.25, -0.2) is 0 Å². The van der Waals surface area contributed by atoms with Crippen LogP contribution in [0.25, 0.3) is 0 Å². The first kappa shape index (κ1) is 31.5. The van der Waals surface area contributed by atoms with Crippen molar-refractivity contribution in [1.29, 1.82) is 0 Å². The smallest absolute Gasteiger partial charge is 0.308 e. The monoisotopic (exact) mass is 585 g/mol. The number of ketones is 1. The second kappa shape index (κ2) is 13.4. The molecule has 2 saturated carbocycles. The summed E-state index contributed by atoms with van der Waals surface area (Å²) in [4.78, 5) is 38.9. The van der Waals surface area contributed by atoms with Crippen molar-refractivity contribution in [3.63, 3.8) is 0 Å². The third kappa shape index (κ3) is 6.76. The van der Waals surface area contributed by atoms with Gasteiger partial charge in [0, 0.05) is 38.3 Å². The summed E-state index contributed by atoms with van der Waals surface area (Å²) in [5.74, 6) is 2.71. The molecule has 2 fully saturated rings. The minimum Gasteiger partial charge on any atom is -0.427 e. The van der Waals surface area contributed by atoms with Gasteiger partial charge in [0.05, 0.1) is 0 Å². The fourth-order valence-corrected chi connectivity index (χ4v) is 8.54. The van der Waals surface area contributed by atoms with Gasteiger partial charge in [-0.05, 0) is 117 Å². The molecule has 0 saturated heterocycles. The molecule has 3 aliphatic carbocycles. The summed E-state index contributed by atoms with van der Waals surface area (Å²) in [7, 11) is 1.90. The Balaban J connectivity index is 1.23. The predicted octanol–water partition coefficient (Wildman–Crippen LogP) is 8.18. The molecule has 5 nitrogen and oxygen atoms in total. The SMILES string of the molecule is CC(=O)Oc1ccc2c(c1)CC[C@@H]1[C@@H]2[C@@H](c2ccc(CCCCCCCC(=O)N(C)C(C)C)cc2)C[C@]2(C)C(=O)CC[C@@H]12. The highest BCUT2D eigenvalue weighted by Gasteiger charge is 2.57. The molecule has 0 unspecified atom stereocenters. The summed E-state index contributed by atoms with van der Waals surface area (Å²) in [6.45, 7) is 7.82. The summed E-state index contributed by atoms with van der Waals surface area (Å²) in [6.07, 6.45) is 12.1. The van der Waals surface area contributed by atoms with Crippen molar-refractivity contribution < 1.29 is 19.1 Å². The minimum absolute atomic E-state index is 0.228. The predicted molar refractivity (Wildman–Crippen MR) is 171 cm³/mol. The largest absolute Gasteiger partial charge is 0.427 e. The first-order valence-corrected chi connectivity index (χ1v) is 16.8. The lowest BCUT2D eigenvalue weighted by Crippen LogP contribution is -2.46. The van der Waals surface area contributed by atoms with Gasteiger partial charge in [0.15, 0.2) is 0 Å². The van der Waals surface area contributed by atoms with Crippen molar-refractivity contribution in [3.8, 4) is 5.75 Å². The first-order chi connectivity index (χ1) is 20.6. The highest BCUT2D eigenvalue weighted by Crippen LogP contribution is 2.64. The van der Waals surface area contributed by atoms with Crippen LogP contribution >= 0.6 is 0 Å². The lowest BCUT2D eigenvalue weighted by atomic mass is 9.51. The molecule has 43 heavy (non-hydrogen) atoms. The van der Waals surface area contributed by atoms with Gasteiger partial charge in [-0.3, -0.25) is 14.4 Å². The Morgan fingerprint density at radius 1 is 0.977 bits per heavy atom. The Morgan fingerprint density at radius 3 is 2.42 bits per heavy atom. The molecule has 2 aromatic carbocycles. The van der Waals surface area contributed by atoms with E-state index in [4.69, 9.17) is 4.74 Å². The van der Waals surface area contributed by atoms with Gasteiger partial charge >= 0.3 is 5.97 Å². The van der Waals surface area contributed by atoms with Crippen molar-refractivity contribution in [1.82, 2.24) is 4.90 Å². The number of ether oxygens (including phenoxy) is 1. The number of nitrogens with zero attached hydrogens (tertiary/aromatic N) is 1. The number of aryl methyl sites for hydroxylation is 2. The van der Waals surface area contributed by atoms with Crippen LogP contribution in [0.15, 0.2) is 42.5 Å². The van der Waals surface area contributed by atoms with Crippen molar-refractivity contribution in [2.45, 2.75) is 123 Å². The van der Waals surface area contributed by atoms with E-state index >= 15 is 0 Å². The number of Topliss-reactive ketones (excluding diaryl/α,β-unsaturated/α-hetero) is 1. The molecule has 1 amide bonds. The molecule has 3 aliphatic rings. The zero-order chi connectivity index (χ0) is 30.7. The third-order valence-corrected chi connectivity index (χ3v) is 11.1. The van der Waals surface area contributed by atoms with Crippen LogP contribution < -0.4 is 4.74 Å². The molecule has 0 aromatic heterocycles. The van der Waals surface area contributed by atoms with Crippen LogP contribution in [0.1, 0.15) is 126 Å². The normalized spacial score (nSPS) is 26.0. The van der Waals surface area contributed by atoms with E-state index in [9.17, 15) is 14.4 Å². The quantitative estimate of drug-likeness (QED) is 0.152. The van der Waals surface area contributed by atoms with Gasteiger partial charge in [0.25, 0.3) is 0 Å². The van der Waals surface area contributed by atoms with Crippen LogP contribution in [0.2, 0.25) is 0 Å². The zero-order valence-electron chi connectivity index (χ0n) is 27.0. The standard InChI is InChI=1S/C38H51NO4/c1-25(2)39(5)36(42)12-10-8-6-7-9-11-27-13-15-28(16-14-27)33-24-38(4)34(21-22-35(38)41)32-19-17-29-23-30(43-26(3)40)18-20-31(29)37(32)33/h13-16,18,20,23,25,32-34,37H,6-12,17,19,21-22,24H2,1-5H3/t32-,33+,34-,37+,38-/m0/s1. The second-order valence-corrected chi connectivity index (χ2v) is 14.1. The highest BCUT2D eigenvalue weighted by atomic mass is 16.5. The average Bonchev–Trinajstić information content (AvgIpc) is 3.29. The van der Waals surface area contributed by atoms with E-state index in [1.54, 1.807) is 0 Å². The fraction of sp³-hybridized carbons (Fsp3) is 0.605. The molecule has 232 valence electrons. The molecule has 0 N–H and O–H groups in total. The van der Waals surface area contributed by atoms with E-state index in [0.717, 1.165) is 51.4 Å². The summed E-state index contributed by atoms with van der Waals surface area (Å²) in [6, 6.07) is 15.8. The van der Waals surface area contributed by atoms with Gasteiger partial charge in [-0.1, -0.05) is 56.5 Å². The molecule has 0 spiro atoms. The molecule has 0 aliphatic heterocycles. The summed E-state index contributed by atoms with van der Waals surface area (Å²) < 4.78 is 5.43. The summed E-state index contributed by atoms with van der Waals surface area (Å²) in [5.41, 5.74) is 5.19. The van der Waals surface area contributed by atoms with E-state index in [0.29, 0.717) is 41.6 Å². The molecule has 0 bridgehead atoms. The molecule has 5 rings (SSSR count). The lowest BCUT2D eigenvalue weighted by molar-refractivity contribution is -0.132. The molecule has 0 heterocycles. The topological polar surface area (TPSA) is 63.7 Å². The number of hydrogen-bond acceptors (Lipinski definition) is 4. The van der Waals surface area contributed by atoms with E-state index in [1.165, 1.54) is 48.4 Å². The Hall–Kier alpha value is -2.95. The molecular formula is C38H51NO4. The van der Waals surface area contributed by atoms with Crippen molar-refractivity contribution in [2.24, 2.45) is 17.3 Å². The number of unbranched alkanes of at least 4 members (excludes halogenated alkanes) is 4. The number of esters is 1. The van der Waals surface area contributed by atoms with E-state index < -0.39 is 0 Å². The molecule has 0 radical (unpaired) electrons. The molecule has 5 atom stereocenters. The number of fused-ring (bicyclic) bond motifs is 5. The maximum atomic E-state index is 13.3. The Kier molecular flexibility index (Phi) is 9.78. The lowest BCUT2D eigenvalue weighted by Gasteiger charge is -2.52. The van der Waals surface area contributed by atoms with E-state index in [-0.39, 0.29) is 23.3 Å². The number of hydrogen-bond donors (Lipinski definition) is 0. The van der Waals surface area contributed by atoms with Crippen LogP contribution in [0.3, 0.4) is 0 Å². The maximum Gasteiger partial charge on any atom is 0.308 e. The summed E-state index contributed by atoms with van der Waals surface area (Å²) in [5, 5.41) is 0. The Bertz CT molecular complexity index is 1310. The van der Waals surface area contributed by atoms with Gasteiger partial charge in [-0.2, -0.15) is 0 Å². The van der Waals surface area contributed by atoms with Crippen molar-refractivity contribution in [3.05, 3.63) is 64.7 Å². The van der Waals surface area contributed by atoms with Crippen LogP contribution in [0.5, 0.6) is 5.75 Å². The number of carbonyl (C=O) groups excluding carboxylic acids is 3. The zero-order valence-corrected chi connectivity index (χ0v) is 27.0. The number of carbonyl (C=O) groups is 3. The van der Waals surface area contributed by atoms with E-state index in [2.05, 4.69) is 57.2 Å². The Labute approximate surface area is 258 Å². The summed E-state index contributed by atoms with van der Waals surface area (Å²) >= 11 is 0. The first-order valence-electron chi connectivity index (χ1n) is 16.8. The number of rotatable bonds is 11.